The van der Waals surface area contributed by atoms with E-state index in [0.717, 1.165) is 24.3 Å². The van der Waals surface area contributed by atoms with Gasteiger partial charge in [-0.1, -0.05) is 40.0 Å². The monoisotopic (exact) mass is 210 g/mol. The maximum Gasteiger partial charge on any atom is 0.0218 e. The summed E-state index contributed by atoms with van der Waals surface area (Å²) in [4.78, 5) is 0. The van der Waals surface area contributed by atoms with E-state index >= 15 is 0 Å². The van der Waals surface area contributed by atoms with Crippen LogP contribution in [0.25, 0.3) is 0 Å². The molecule has 0 bridgehead atoms. The number of piperidine rings is 1. The maximum absolute atomic E-state index is 4.68. The molecule has 1 heterocycles. The number of hydrogen-bond acceptors (Lipinski definition) is 0. The van der Waals surface area contributed by atoms with Gasteiger partial charge in [0, 0.05) is 12.6 Å². The summed E-state index contributed by atoms with van der Waals surface area (Å²) in [6, 6.07) is 0.629. The van der Waals surface area contributed by atoms with Crippen molar-refractivity contribution >= 4 is 0 Å². The van der Waals surface area contributed by atoms with Gasteiger partial charge in [-0.15, -0.1) is 0 Å². The highest BCUT2D eigenvalue weighted by Crippen LogP contribution is 2.27. The van der Waals surface area contributed by atoms with Crippen molar-refractivity contribution in [2.45, 2.75) is 65.8 Å². The fourth-order valence-corrected chi connectivity index (χ4v) is 2.50. The van der Waals surface area contributed by atoms with Gasteiger partial charge >= 0.3 is 0 Å². The predicted octanol–water partition coefficient (Wildman–Crippen LogP) is 3.85. The minimum Gasteiger partial charge on any atom is -0.238 e. The third-order valence-electron chi connectivity index (χ3n) is 3.85. The summed E-state index contributed by atoms with van der Waals surface area (Å²) >= 11 is 0. The minimum absolute atomic E-state index is 0.629. The second kappa shape index (κ2) is 6.52. The van der Waals surface area contributed by atoms with E-state index in [9.17, 15) is 0 Å². The van der Waals surface area contributed by atoms with Crippen LogP contribution in [0.4, 0.5) is 0 Å². The molecule has 0 aromatic heterocycles. The van der Waals surface area contributed by atoms with Gasteiger partial charge in [-0.25, -0.2) is 5.32 Å². The molecule has 1 saturated heterocycles. The van der Waals surface area contributed by atoms with Gasteiger partial charge < -0.3 is 0 Å². The lowest BCUT2D eigenvalue weighted by Crippen LogP contribution is -2.34. The lowest BCUT2D eigenvalue weighted by Gasteiger charge is -2.30. The fraction of sp³-hybridized carbons (Fsp3) is 1.00. The normalized spacial score (nSPS) is 29.4. The zero-order valence-electron chi connectivity index (χ0n) is 11.0. The van der Waals surface area contributed by atoms with E-state index in [1.54, 1.807) is 0 Å². The van der Waals surface area contributed by atoms with Crippen LogP contribution in [0.3, 0.4) is 0 Å². The van der Waals surface area contributed by atoms with Crippen LogP contribution in [-0.2, 0) is 0 Å². The van der Waals surface area contributed by atoms with E-state index in [-0.39, 0.29) is 0 Å². The Morgan fingerprint density at radius 3 is 2.40 bits per heavy atom. The zero-order valence-corrected chi connectivity index (χ0v) is 11.0. The van der Waals surface area contributed by atoms with E-state index in [0.29, 0.717) is 6.04 Å². The Labute approximate surface area is 96.0 Å². The Morgan fingerprint density at radius 1 is 1.13 bits per heavy atom. The van der Waals surface area contributed by atoms with Crippen molar-refractivity contribution in [2.24, 2.45) is 17.8 Å². The van der Waals surface area contributed by atoms with Crippen molar-refractivity contribution in [1.29, 1.82) is 0 Å². The molecule has 1 nitrogen and oxygen atoms in total. The second-order valence-electron chi connectivity index (χ2n) is 5.85. The summed E-state index contributed by atoms with van der Waals surface area (Å²) in [6.45, 7) is 10.4. The summed E-state index contributed by atoms with van der Waals surface area (Å²) in [6.07, 6.45) is 6.94. The van der Waals surface area contributed by atoms with Gasteiger partial charge in [0.15, 0.2) is 0 Å². The van der Waals surface area contributed by atoms with Gasteiger partial charge in [0.05, 0.1) is 0 Å². The summed E-state index contributed by atoms with van der Waals surface area (Å²) in [5.74, 6) is 2.64. The summed E-state index contributed by atoms with van der Waals surface area (Å²) < 4.78 is 0. The number of rotatable bonds is 5. The number of hydrogen-bond donors (Lipinski definition) is 0. The first-order valence-corrected chi connectivity index (χ1v) is 6.76. The molecule has 0 aromatic rings. The van der Waals surface area contributed by atoms with E-state index < -0.39 is 0 Å². The minimum atomic E-state index is 0.629. The zero-order chi connectivity index (χ0) is 11.3. The van der Waals surface area contributed by atoms with E-state index in [1.165, 1.54) is 32.1 Å². The molecule has 0 saturated carbocycles. The number of nitrogens with zero attached hydrogens (tertiary/aromatic N) is 1. The van der Waals surface area contributed by atoms with E-state index in [2.05, 4.69) is 33.0 Å². The molecule has 0 N–H and O–H groups in total. The van der Waals surface area contributed by atoms with Crippen LogP contribution in [-0.4, -0.2) is 12.6 Å². The molecule has 0 spiro atoms. The molecule has 1 heteroatoms. The van der Waals surface area contributed by atoms with Crippen LogP contribution < -0.4 is 5.32 Å². The lowest BCUT2D eigenvalue weighted by atomic mass is 9.82. The lowest BCUT2D eigenvalue weighted by molar-refractivity contribution is 0.231. The van der Waals surface area contributed by atoms with Crippen LogP contribution in [0.5, 0.6) is 0 Å². The molecule has 1 fully saturated rings. The molecule has 1 rings (SSSR count). The molecular weight excluding hydrogens is 182 g/mol. The van der Waals surface area contributed by atoms with Crippen LogP contribution in [0, 0.1) is 17.8 Å². The average molecular weight is 210 g/mol. The molecule has 0 aliphatic carbocycles. The Kier molecular flexibility index (Phi) is 5.66. The molecule has 3 atom stereocenters. The van der Waals surface area contributed by atoms with E-state index in [4.69, 9.17) is 0 Å². The first-order chi connectivity index (χ1) is 7.09. The van der Waals surface area contributed by atoms with Crippen LogP contribution in [0.2, 0.25) is 0 Å². The third-order valence-corrected chi connectivity index (χ3v) is 3.85. The van der Waals surface area contributed by atoms with Gasteiger partial charge in [-0.2, -0.15) is 0 Å². The van der Waals surface area contributed by atoms with Crippen molar-refractivity contribution in [3.63, 3.8) is 0 Å². The molecular formula is C14H28N. The average Bonchev–Trinajstić information content (AvgIpc) is 2.18. The van der Waals surface area contributed by atoms with E-state index in [1.807, 2.05) is 0 Å². The van der Waals surface area contributed by atoms with Crippen molar-refractivity contribution in [1.82, 2.24) is 5.32 Å². The van der Waals surface area contributed by atoms with Crippen LogP contribution in [0.15, 0.2) is 0 Å². The summed E-state index contributed by atoms with van der Waals surface area (Å²) in [5.41, 5.74) is 0. The SMILES string of the molecule is CC(C)CCCC(C)C1CCC(C)[N]C1. The Balaban J connectivity index is 2.13. The molecule has 0 amide bonds. The molecule has 1 radical (unpaired) electrons. The highest BCUT2D eigenvalue weighted by molar-refractivity contribution is 4.77. The van der Waals surface area contributed by atoms with Gasteiger partial charge in [0.25, 0.3) is 0 Å². The highest BCUT2D eigenvalue weighted by Gasteiger charge is 2.23. The Hall–Kier alpha value is -0.0400. The van der Waals surface area contributed by atoms with Crippen molar-refractivity contribution in [3.8, 4) is 0 Å². The third kappa shape index (κ3) is 5.01. The Bertz CT molecular complexity index is 157. The Morgan fingerprint density at radius 2 is 1.87 bits per heavy atom. The smallest absolute Gasteiger partial charge is 0.0218 e. The van der Waals surface area contributed by atoms with Gasteiger partial charge in [-0.05, 0) is 37.5 Å². The maximum atomic E-state index is 4.68. The van der Waals surface area contributed by atoms with Gasteiger partial charge in [0.1, 0.15) is 0 Å². The topological polar surface area (TPSA) is 14.1 Å². The van der Waals surface area contributed by atoms with Gasteiger partial charge in [-0.3, -0.25) is 0 Å². The second-order valence-corrected chi connectivity index (χ2v) is 5.85. The van der Waals surface area contributed by atoms with Crippen LogP contribution in [0.1, 0.15) is 59.8 Å². The molecule has 89 valence electrons. The van der Waals surface area contributed by atoms with Crippen molar-refractivity contribution in [2.75, 3.05) is 6.54 Å². The standard InChI is InChI=1S/C14H28N/c1-11(2)6-5-7-12(3)14-9-8-13(4)15-10-14/h11-14H,5-10H2,1-4H3. The largest absolute Gasteiger partial charge is 0.238 e. The van der Waals surface area contributed by atoms with Crippen LogP contribution >= 0.6 is 0 Å². The first-order valence-electron chi connectivity index (χ1n) is 6.76. The summed E-state index contributed by atoms with van der Waals surface area (Å²) in [5, 5.41) is 4.68. The summed E-state index contributed by atoms with van der Waals surface area (Å²) in [7, 11) is 0. The fourth-order valence-electron chi connectivity index (χ4n) is 2.50. The van der Waals surface area contributed by atoms with Crippen molar-refractivity contribution in [3.05, 3.63) is 0 Å². The highest BCUT2D eigenvalue weighted by atomic mass is 14.9. The van der Waals surface area contributed by atoms with Crippen molar-refractivity contribution < 1.29 is 0 Å². The molecule has 3 unspecified atom stereocenters. The molecule has 0 aromatic carbocycles. The molecule has 15 heavy (non-hydrogen) atoms. The predicted molar refractivity (Wildman–Crippen MR) is 67.0 cm³/mol. The van der Waals surface area contributed by atoms with Gasteiger partial charge in [0.2, 0.25) is 0 Å². The molecule has 1 aliphatic rings. The quantitative estimate of drug-likeness (QED) is 0.654. The first kappa shape index (κ1) is 13.0. The molecule has 1 aliphatic heterocycles.